The van der Waals surface area contributed by atoms with Gasteiger partial charge in [0.15, 0.2) is 0 Å². The van der Waals surface area contributed by atoms with Crippen molar-refractivity contribution in [1.82, 2.24) is 4.57 Å². The molecule has 1 aromatic heterocycles. The fourth-order valence-corrected chi connectivity index (χ4v) is 4.43. The van der Waals surface area contributed by atoms with Crippen molar-refractivity contribution in [3.63, 3.8) is 0 Å². The Morgan fingerprint density at radius 3 is 2.19 bits per heavy atom. The minimum absolute atomic E-state index is 0.0998. The molecule has 0 spiro atoms. The Hall–Kier alpha value is -2.42. The molecule has 0 saturated heterocycles. The maximum Gasteiger partial charge on any atom is 0.260 e. The number of aliphatic imine (C=N–C) groups is 1. The van der Waals surface area contributed by atoms with Gasteiger partial charge in [0.1, 0.15) is 5.82 Å². The average Bonchev–Trinajstić information content (AvgIpc) is 3.66. The van der Waals surface area contributed by atoms with E-state index in [1.165, 1.54) is 44.1 Å². The fraction of sp³-hybridized carbons (Fsp3) is 0.517. The summed E-state index contributed by atoms with van der Waals surface area (Å²) in [6.45, 7) is 18.4. The first-order valence-corrected chi connectivity index (χ1v) is 12.4. The third-order valence-electron chi connectivity index (χ3n) is 6.45. The van der Waals surface area contributed by atoms with Gasteiger partial charge in [-0.1, -0.05) is 77.2 Å². The maximum absolute atomic E-state index is 13.4. The van der Waals surface area contributed by atoms with Crippen LogP contribution in [-0.4, -0.2) is 10.3 Å². The SMILES string of the molecule is C=C.C=Cc1c(N=C(C)C)n(C2CCCCC2)c(=O)c2cc(CC)ccc12.CCC1CC1. The van der Waals surface area contributed by atoms with Gasteiger partial charge in [-0.2, -0.15) is 0 Å². The summed E-state index contributed by atoms with van der Waals surface area (Å²) in [5.41, 5.74) is 3.22. The van der Waals surface area contributed by atoms with E-state index >= 15 is 0 Å². The second-order valence-corrected chi connectivity index (χ2v) is 9.05. The molecule has 0 bridgehead atoms. The van der Waals surface area contributed by atoms with Crippen LogP contribution in [0.4, 0.5) is 5.82 Å². The van der Waals surface area contributed by atoms with Crippen molar-refractivity contribution in [3.05, 3.63) is 59.4 Å². The van der Waals surface area contributed by atoms with Gasteiger partial charge in [-0.3, -0.25) is 9.36 Å². The molecule has 0 aliphatic heterocycles. The van der Waals surface area contributed by atoms with Gasteiger partial charge < -0.3 is 0 Å². The summed E-state index contributed by atoms with van der Waals surface area (Å²) in [7, 11) is 0. The highest BCUT2D eigenvalue weighted by Crippen LogP contribution is 2.35. The summed E-state index contributed by atoms with van der Waals surface area (Å²) in [5.74, 6) is 1.92. The topological polar surface area (TPSA) is 34.4 Å². The van der Waals surface area contributed by atoms with E-state index < -0.39 is 0 Å². The molecule has 3 nitrogen and oxygen atoms in total. The van der Waals surface area contributed by atoms with Crippen molar-refractivity contribution in [2.24, 2.45) is 10.9 Å². The van der Waals surface area contributed by atoms with E-state index in [1.54, 1.807) is 0 Å². The smallest absolute Gasteiger partial charge is 0.260 e. The highest BCUT2D eigenvalue weighted by Gasteiger charge is 2.23. The standard InChI is InChI=1S/C22H28N2O.C5H10.C2H4/c1-5-16-12-13-19-18(6-2)21(23-15(3)4)24(22(25)20(19)14-16)17-10-8-7-9-11-17;1-2-5-3-4-5;1-2/h6,12-14,17H,2,5,7-11H2,1,3-4H3;5H,2-4H2,1H3;1-2H2. The second-order valence-electron chi connectivity index (χ2n) is 9.05. The summed E-state index contributed by atoms with van der Waals surface area (Å²) in [5, 5.41) is 1.76. The molecule has 0 radical (unpaired) electrons. The Labute approximate surface area is 195 Å². The molecule has 3 heteroatoms. The lowest BCUT2D eigenvalue weighted by molar-refractivity contribution is 0.350. The average molecular weight is 435 g/mol. The second kappa shape index (κ2) is 12.6. The number of benzene rings is 1. The van der Waals surface area contributed by atoms with Crippen LogP contribution in [0.25, 0.3) is 16.8 Å². The van der Waals surface area contributed by atoms with E-state index in [4.69, 9.17) is 4.99 Å². The minimum Gasteiger partial charge on any atom is -0.289 e. The molecule has 2 fully saturated rings. The number of hydrogen-bond donors (Lipinski definition) is 0. The first-order chi connectivity index (χ1) is 15.5. The van der Waals surface area contributed by atoms with Crippen molar-refractivity contribution in [1.29, 1.82) is 0 Å². The van der Waals surface area contributed by atoms with Crippen LogP contribution >= 0.6 is 0 Å². The molecular formula is C29H42N2O. The van der Waals surface area contributed by atoms with Crippen LogP contribution in [0.3, 0.4) is 0 Å². The Morgan fingerprint density at radius 1 is 1.06 bits per heavy atom. The van der Waals surface area contributed by atoms with Gasteiger partial charge in [0.25, 0.3) is 5.56 Å². The van der Waals surface area contributed by atoms with Crippen molar-refractivity contribution in [2.75, 3.05) is 0 Å². The molecule has 2 aromatic rings. The molecule has 4 rings (SSSR count). The molecule has 0 N–H and O–H groups in total. The van der Waals surface area contributed by atoms with Crippen LogP contribution in [-0.2, 0) is 6.42 Å². The fourth-order valence-electron chi connectivity index (χ4n) is 4.43. The van der Waals surface area contributed by atoms with Gasteiger partial charge in [0.2, 0.25) is 0 Å². The zero-order valence-corrected chi connectivity index (χ0v) is 20.8. The van der Waals surface area contributed by atoms with E-state index in [-0.39, 0.29) is 11.6 Å². The molecule has 32 heavy (non-hydrogen) atoms. The van der Waals surface area contributed by atoms with Crippen molar-refractivity contribution in [3.8, 4) is 0 Å². The zero-order valence-electron chi connectivity index (χ0n) is 20.8. The number of hydrogen-bond acceptors (Lipinski definition) is 2. The van der Waals surface area contributed by atoms with Gasteiger partial charge >= 0.3 is 0 Å². The molecule has 1 aromatic carbocycles. The highest BCUT2D eigenvalue weighted by atomic mass is 16.1. The summed E-state index contributed by atoms with van der Waals surface area (Å²) < 4.78 is 1.96. The Balaban J connectivity index is 0.000000448. The van der Waals surface area contributed by atoms with Crippen LogP contribution in [0.1, 0.15) is 96.2 Å². The number of fused-ring (bicyclic) bond motifs is 1. The molecule has 2 aliphatic rings. The summed E-state index contributed by atoms with van der Waals surface area (Å²) in [4.78, 5) is 18.2. The Morgan fingerprint density at radius 2 is 1.72 bits per heavy atom. The summed E-state index contributed by atoms with van der Waals surface area (Å²) >= 11 is 0. The predicted octanol–water partition coefficient (Wildman–Crippen LogP) is 8.43. The summed E-state index contributed by atoms with van der Waals surface area (Å²) in [6, 6.07) is 6.46. The maximum atomic E-state index is 13.4. The van der Waals surface area contributed by atoms with E-state index in [9.17, 15) is 4.79 Å². The van der Waals surface area contributed by atoms with Crippen molar-refractivity contribution >= 4 is 28.4 Å². The molecule has 174 valence electrons. The third-order valence-corrected chi connectivity index (χ3v) is 6.45. The predicted molar refractivity (Wildman–Crippen MR) is 143 cm³/mol. The van der Waals surface area contributed by atoms with Crippen molar-refractivity contribution < 1.29 is 0 Å². The normalized spacial score (nSPS) is 15.8. The van der Waals surface area contributed by atoms with Crippen LogP contribution in [0.15, 0.2) is 47.7 Å². The zero-order chi connectivity index (χ0) is 23.7. The minimum atomic E-state index is 0.0998. The van der Waals surface area contributed by atoms with Gasteiger partial charge in [-0.05, 0) is 56.0 Å². The Kier molecular flexibility index (Phi) is 10.2. The van der Waals surface area contributed by atoms with E-state index in [2.05, 4.69) is 51.8 Å². The van der Waals surface area contributed by atoms with Gasteiger partial charge in [-0.25, -0.2) is 4.99 Å². The first kappa shape index (κ1) is 25.8. The molecule has 2 aliphatic carbocycles. The Bertz CT molecular complexity index is 984. The molecular weight excluding hydrogens is 392 g/mol. The third kappa shape index (κ3) is 6.31. The number of rotatable bonds is 5. The van der Waals surface area contributed by atoms with Gasteiger partial charge in [0, 0.05) is 22.7 Å². The lowest BCUT2D eigenvalue weighted by Crippen LogP contribution is -2.27. The van der Waals surface area contributed by atoms with Gasteiger partial charge in [0.05, 0.1) is 0 Å². The van der Waals surface area contributed by atoms with Crippen LogP contribution in [0, 0.1) is 5.92 Å². The lowest BCUT2D eigenvalue weighted by Gasteiger charge is -2.27. The van der Waals surface area contributed by atoms with E-state index in [0.29, 0.717) is 0 Å². The molecule has 0 unspecified atom stereocenters. The first-order valence-electron chi connectivity index (χ1n) is 12.4. The largest absolute Gasteiger partial charge is 0.289 e. The monoisotopic (exact) mass is 434 g/mol. The van der Waals surface area contributed by atoms with Gasteiger partial charge in [-0.15, -0.1) is 13.2 Å². The highest BCUT2D eigenvalue weighted by molar-refractivity contribution is 5.95. The molecule has 1 heterocycles. The van der Waals surface area contributed by atoms with E-state index in [1.807, 2.05) is 24.5 Å². The number of aryl methyl sites for hydroxylation is 1. The van der Waals surface area contributed by atoms with Crippen LogP contribution in [0.5, 0.6) is 0 Å². The molecule has 0 amide bonds. The van der Waals surface area contributed by atoms with E-state index in [0.717, 1.165) is 53.0 Å². The molecule has 0 atom stereocenters. The van der Waals surface area contributed by atoms with Crippen molar-refractivity contribution in [2.45, 2.75) is 91.5 Å². The number of pyridine rings is 1. The van der Waals surface area contributed by atoms with Crippen LogP contribution < -0.4 is 5.56 Å². The summed E-state index contributed by atoms with van der Waals surface area (Å²) in [6.07, 6.45) is 13.0. The molecule has 2 saturated carbocycles. The van der Waals surface area contributed by atoms with Crippen LogP contribution in [0.2, 0.25) is 0 Å². The number of aromatic nitrogens is 1. The lowest BCUT2D eigenvalue weighted by atomic mass is 9.94. The number of nitrogens with zero attached hydrogens (tertiary/aromatic N) is 2. The quantitative estimate of drug-likeness (QED) is 0.343.